The van der Waals surface area contributed by atoms with Crippen LogP contribution in [0.25, 0.3) is 0 Å². The predicted molar refractivity (Wildman–Crippen MR) is 194 cm³/mol. The van der Waals surface area contributed by atoms with E-state index in [9.17, 15) is 14.4 Å². The molecule has 268 valence electrons. The number of fused-ring (bicyclic) bond motifs is 2. The first-order chi connectivity index (χ1) is 24.8. The van der Waals surface area contributed by atoms with Crippen LogP contribution < -0.4 is 5.56 Å². The topological polar surface area (TPSA) is 117 Å². The van der Waals surface area contributed by atoms with Crippen molar-refractivity contribution >= 4 is 23.6 Å². The summed E-state index contributed by atoms with van der Waals surface area (Å²) in [7, 11) is 0. The molecule has 3 aromatic heterocycles. The van der Waals surface area contributed by atoms with Crippen molar-refractivity contribution < 1.29 is 14.3 Å². The lowest BCUT2D eigenvalue weighted by Crippen LogP contribution is -2.62. The van der Waals surface area contributed by atoms with Crippen LogP contribution in [0.4, 0.5) is 4.79 Å². The van der Waals surface area contributed by atoms with E-state index >= 15 is 0 Å². The molecule has 1 saturated carbocycles. The van der Waals surface area contributed by atoms with Gasteiger partial charge in [0.15, 0.2) is 0 Å². The lowest BCUT2D eigenvalue weighted by atomic mass is 9.95. The summed E-state index contributed by atoms with van der Waals surface area (Å²) in [5, 5.41) is 0.691. The molecule has 2 fully saturated rings. The zero-order valence-electron chi connectivity index (χ0n) is 29.2. The summed E-state index contributed by atoms with van der Waals surface area (Å²) in [5.74, 6) is -0.173. The third kappa shape index (κ3) is 8.20. The molecule has 2 atom stereocenters. The van der Waals surface area contributed by atoms with Crippen LogP contribution >= 0.6 is 11.6 Å². The van der Waals surface area contributed by atoms with Crippen molar-refractivity contribution in [1.29, 1.82) is 0 Å². The lowest BCUT2D eigenvalue weighted by molar-refractivity contribution is -0.140. The smallest absolute Gasteiger partial charge is 0.410 e. The fraction of sp³-hybridized carbons (Fsp3) is 0.462. The Kier molecular flexibility index (Phi) is 10.8. The first-order valence-corrected chi connectivity index (χ1v) is 18.6. The zero-order chi connectivity index (χ0) is 35.3. The van der Waals surface area contributed by atoms with Gasteiger partial charge in [-0.05, 0) is 98.4 Å². The van der Waals surface area contributed by atoms with Crippen LogP contribution in [-0.4, -0.2) is 84.5 Å². The number of pyridine rings is 2. The van der Waals surface area contributed by atoms with Gasteiger partial charge in [0.2, 0.25) is 11.5 Å². The van der Waals surface area contributed by atoms with Gasteiger partial charge < -0.3 is 19.2 Å². The molecule has 2 amide bonds. The van der Waals surface area contributed by atoms with E-state index < -0.39 is 12.1 Å². The number of ether oxygens (including phenoxy) is 1. The highest BCUT2D eigenvalue weighted by Crippen LogP contribution is 2.38. The standard InChI is InChI=1S/C39H46ClN7O4/c1-27-23-44(26-43-27)17-6-18-46(24-28-14-16-41-35(48)21-28)38(49)34-25-45(19-20-47(34)39(50)51-32-8-3-2-4-9-32)37-33-13-12-31(40)22-30(33)11-10-29-7-5-15-42-36(29)37/h5,7,12-16,21-23,26,32,34,37H,2-4,6,8-11,17-20,24-25H2,1H3,(H,41,48)/t34-,37+/m1/s1. The number of nitrogens with one attached hydrogen (secondary N) is 1. The molecule has 11 nitrogen and oxygen atoms in total. The van der Waals surface area contributed by atoms with Gasteiger partial charge in [0, 0.05) is 68.9 Å². The number of carbonyl (C=O) groups excluding carboxylic acids is 2. The minimum atomic E-state index is -0.807. The van der Waals surface area contributed by atoms with E-state index in [1.54, 1.807) is 22.3 Å². The number of aromatic nitrogens is 4. The van der Waals surface area contributed by atoms with Crippen molar-refractivity contribution in [3.63, 3.8) is 0 Å². The number of imidazole rings is 1. The average Bonchev–Trinajstić information content (AvgIpc) is 3.48. The monoisotopic (exact) mass is 711 g/mol. The molecular weight excluding hydrogens is 666 g/mol. The third-order valence-electron chi connectivity index (χ3n) is 10.5. The van der Waals surface area contributed by atoms with Crippen molar-refractivity contribution in [3.05, 3.63) is 116 Å². The highest BCUT2D eigenvalue weighted by molar-refractivity contribution is 6.30. The number of nitrogens with zero attached hydrogens (tertiary/aromatic N) is 6. The van der Waals surface area contributed by atoms with Crippen molar-refractivity contribution in [1.82, 2.24) is 34.2 Å². The molecule has 1 N–H and O–H groups in total. The van der Waals surface area contributed by atoms with Crippen LogP contribution in [0.15, 0.2) is 72.2 Å². The Hall–Kier alpha value is -4.48. The van der Waals surface area contributed by atoms with Gasteiger partial charge in [0.05, 0.1) is 23.8 Å². The molecule has 51 heavy (non-hydrogen) atoms. The molecule has 2 aliphatic carbocycles. The van der Waals surface area contributed by atoms with Gasteiger partial charge >= 0.3 is 6.09 Å². The van der Waals surface area contributed by atoms with Crippen molar-refractivity contribution in [2.75, 3.05) is 26.2 Å². The predicted octanol–water partition coefficient (Wildman–Crippen LogP) is 5.69. The van der Waals surface area contributed by atoms with Gasteiger partial charge in [-0.15, -0.1) is 0 Å². The Morgan fingerprint density at radius 3 is 2.69 bits per heavy atom. The number of benzene rings is 1. The Labute approximate surface area is 303 Å². The van der Waals surface area contributed by atoms with Crippen LogP contribution in [0.3, 0.4) is 0 Å². The second kappa shape index (κ2) is 15.8. The second-order valence-electron chi connectivity index (χ2n) is 14.1. The van der Waals surface area contributed by atoms with Crippen molar-refractivity contribution in [2.24, 2.45) is 0 Å². The number of aromatic amines is 1. The van der Waals surface area contributed by atoms with E-state index in [2.05, 4.69) is 27.0 Å². The van der Waals surface area contributed by atoms with Crippen molar-refractivity contribution in [2.45, 2.75) is 89.6 Å². The van der Waals surface area contributed by atoms with E-state index in [0.717, 1.165) is 73.0 Å². The second-order valence-corrected chi connectivity index (χ2v) is 14.5. The lowest BCUT2D eigenvalue weighted by Gasteiger charge is -2.45. The number of aryl methyl sites for hydroxylation is 4. The molecule has 12 heteroatoms. The van der Waals surface area contributed by atoms with Crippen molar-refractivity contribution in [3.8, 4) is 0 Å². The first-order valence-electron chi connectivity index (χ1n) is 18.2. The van der Waals surface area contributed by atoms with E-state index in [1.807, 2.05) is 48.1 Å². The minimum Gasteiger partial charge on any atom is -0.446 e. The summed E-state index contributed by atoms with van der Waals surface area (Å²) in [5.41, 5.74) is 5.85. The van der Waals surface area contributed by atoms with Gasteiger partial charge in [0.1, 0.15) is 12.1 Å². The fourth-order valence-electron chi connectivity index (χ4n) is 7.94. The Morgan fingerprint density at radius 2 is 1.88 bits per heavy atom. The molecule has 4 aromatic rings. The molecular formula is C39H46ClN7O4. The van der Waals surface area contributed by atoms with Gasteiger partial charge in [-0.1, -0.05) is 30.2 Å². The highest BCUT2D eigenvalue weighted by Gasteiger charge is 2.43. The third-order valence-corrected chi connectivity index (χ3v) is 10.7. The number of hydrogen-bond acceptors (Lipinski definition) is 7. The summed E-state index contributed by atoms with van der Waals surface area (Å²) in [6.45, 7) is 4.46. The van der Waals surface area contributed by atoms with E-state index in [-0.39, 0.29) is 30.2 Å². The molecule has 1 aliphatic heterocycles. The molecule has 0 bridgehead atoms. The largest absolute Gasteiger partial charge is 0.446 e. The average molecular weight is 712 g/mol. The van der Waals surface area contributed by atoms with Gasteiger partial charge in [-0.2, -0.15) is 0 Å². The maximum Gasteiger partial charge on any atom is 0.410 e. The number of H-pyrrole nitrogens is 1. The van der Waals surface area contributed by atoms with E-state index in [4.69, 9.17) is 21.3 Å². The van der Waals surface area contributed by atoms with Gasteiger partial charge in [0.25, 0.3) is 0 Å². The van der Waals surface area contributed by atoms with Gasteiger partial charge in [-0.3, -0.25) is 24.4 Å². The quantitative estimate of drug-likeness (QED) is 0.237. The summed E-state index contributed by atoms with van der Waals surface area (Å²) < 4.78 is 8.12. The normalized spacial score (nSPS) is 19.5. The SMILES string of the molecule is Cc1cn(CCCN(Cc2cc[nH]c(=O)c2)C(=O)[C@H]2CN([C@H]3c4ccc(Cl)cc4CCc4cccnc43)CCN2C(=O)OC2CCCCC2)cn1. The van der Waals surface area contributed by atoms with E-state index in [1.165, 1.54) is 11.6 Å². The van der Waals surface area contributed by atoms with Crippen LogP contribution in [0.1, 0.15) is 78.2 Å². The molecule has 3 aliphatic rings. The highest BCUT2D eigenvalue weighted by atomic mass is 35.5. The summed E-state index contributed by atoms with van der Waals surface area (Å²) in [4.78, 5) is 59.0. The Morgan fingerprint density at radius 1 is 1.04 bits per heavy atom. The molecule has 1 saturated heterocycles. The summed E-state index contributed by atoms with van der Waals surface area (Å²) >= 11 is 6.50. The maximum absolute atomic E-state index is 15.0. The number of carbonyl (C=O) groups is 2. The zero-order valence-corrected chi connectivity index (χ0v) is 29.9. The summed E-state index contributed by atoms with van der Waals surface area (Å²) in [6, 6.07) is 12.5. The van der Waals surface area contributed by atoms with E-state index in [0.29, 0.717) is 44.2 Å². The van der Waals surface area contributed by atoms with Gasteiger partial charge in [-0.25, -0.2) is 9.78 Å². The molecule has 1 aromatic carbocycles. The number of piperazine rings is 1. The fourth-order valence-corrected chi connectivity index (χ4v) is 8.13. The minimum absolute atomic E-state index is 0.139. The number of rotatable bonds is 9. The number of hydrogen-bond donors (Lipinski definition) is 1. The van der Waals surface area contributed by atoms with Crippen LogP contribution in [0.5, 0.6) is 0 Å². The first kappa shape index (κ1) is 34.9. The number of amides is 2. The van der Waals surface area contributed by atoms with Crippen LogP contribution in [0, 0.1) is 6.92 Å². The Balaban J connectivity index is 1.22. The maximum atomic E-state index is 15.0. The van der Waals surface area contributed by atoms with Crippen LogP contribution in [-0.2, 0) is 35.5 Å². The molecule has 0 radical (unpaired) electrons. The number of halogens is 1. The molecule has 0 spiro atoms. The molecule has 7 rings (SSSR count). The Bertz CT molecular complexity index is 1900. The van der Waals surface area contributed by atoms with Crippen LogP contribution in [0.2, 0.25) is 5.02 Å². The summed E-state index contributed by atoms with van der Waals surface area (Å²) in [6.07, 6.45) is 13.9. The molecule has 0 unspecified atom stereocenters. The molecule has 4 heterocycles.